The summed E-state index contributed by atoms with van der Waals surface area (Å²) in [6.07, 6.45) is 6.20. The Hall–Kier alpha value is -3.61. The van der Waals surface area contributed by atoms with Gasteiger partial charge in [-0.15, -0.1) is 0 Å². The number of dihydropyridines is 1. The Bertz CT molecular complexity index is 1510. The van der Waals surface area contributed by atoms with Crippen LogP contribution in [0.15, 0.2) is 66.4 Å². The first kappa shape index (κ1) is 37.8. The normalized spacial score (nSPS) is 15.0. The molecule has 0 saturated carbocycles. The number of halogens is 2. The average molecular weight is 675 g/mol. The molecule has 1 heterocycles. The van der Waals surface area contributed by atoms with E-state index in [1.807, 2.05) is 45.0 Å². The van der Waals surface area contributed by atoms with E-state index in [0.717, 1.165) is 35.7 Å². The fraction of sp³-hybridized carbons (Fsp3) is 0.486. The molecular weight excluding hydrogens is 626 g/mol. The number of sulfone groups is 1. The van der Waals surface area contributed by atoms with Gasteiger partial charge in [0.2, 0.25) is 5.91 Å². The number of carbonyl (C=O) groups excluding carboxylic acids is 2. The van der Waals surface area contributed by atoms with E-state index in [1.165, 1.54) is 11.0 Å². The molecule has 2 aromatic rings. The molecule has 0 unspecified atom stereocenters. The van der Waals surface area contributed by atoms with Gasteiger partial charge in [0.15, 0.2) is 9.84 Å². The van der Waals surface area contributed by atoms with E-state index in [9.17, 15) is 31.9 Å². The number of hydrogen-bond acceptors (Lipinski definition) is 7. The number of hydrogen-bond donors (Lipinski definition) is 4. The molecule has 0 aromatic heterocycles. The molecule has 258 valence electrons. The van der Waals surface area contributed by atoms with Crippen molar-refractivity contribution in [2.45, 2.75) is 89.3 Å². The van der Waals surface area contributed by atoms with Crippen LogP contribution in [0.25, 0.3) is 0 Å². The van der Waals surface area contributed by atoms with Gasteiger partial charge in [-0.05, 0) is 66.8 Å². The third kappa shape index (κ3) is 11.5. The molecule has 3 atom stereocenters. The molecule has 0 bridgehead atoms. The smallest absolute Gasteiger partial charge is 0.251 e. The lowest BCUT2D eigenvalue weighted by Crippen LogP contribution is -2.55. The predicted octanol–water partition coefficient (Wildman–Crippen LogP) is 3.70. The maximum absolute atomic E-state index is 14.4. The van der Waals surface area contributed by atoms with Crippen molar-refractivity contribution in [1.29, 1.82) is 0 Å². The Labute approximate surface area is 277 Å². The molecule has 12 heteroatoms. The topological polar surface area (TPSA) is 142 Å². The van der Waals surface area contributed by atoms with Crippen LogP contribution in [-0.2, 0) is 38.8 Å². The molecule has 9 nitrogen and oxygen atoms in total. The summed E-state index contributed by atoms with van der Waals surface area (Å²) in [6, 6.07) is 8.02. The van der Waals surface area contributed by atoms with Gasteiger partial charge in [-0.25, -0.2) is 17.2 Å². The number of amides is 2. The molecule has 2 aromatic carbocycles. The predicted molar refractivity (Wildman–Crippen MR) is 180 cm³/mol. The number of carbonyl (C=O) groups is 2. The lowest BCUT2D eigenvalue weighted by molar-refractivity contribution is -0.137. The molecular formula is C35H48F2N4O5S. The highest BCUT2D eigenvalue weighted by atomic mass is 32.2. The van der Waals surface area contributed by atoms with Crippen molar-refractivity contribution in [1.82, 2.24) is 15.5 Å². The Morgan fingerprint density at radius 1 is 1.02 bits per heavy atom. The number of nitrogens with one attached hydrogen (secondary N) is 2. The van der Waals surface area contributed by atoms with Gasteiger partial charge in [0, 0.05) is 37.3 Å². The zero-order valence-electron chi connectivity index (χ0n) is 27.4. The number of aliphatic hydroxyl groups is 1. The fourth-order valence-electron chi connectivity index (χ4n) is 5.67. The molecule has 1 aliphatic heterocycles. The molecule has 0 radical (unpaired) electrons. The minimum Gasteiger partial charge on any atom is -0.390 e. The van der Waals surface area contributed by atoms with Crippen LogP contribution < -0.4 is 16.4 Å². The summed E-state index contributed by atoms with van der Waals surface area (Å²) in [5.41, 5.74) is 8.54. The summed E-state index contributed by atoms with van der Waals surface area (Å²) in [6.45, 7) is 5.85. The summed E-state index contributed by atoms with van der Waals surface area (Å²) >= 11 is 0. The number of nitrogens with zero attached hydrogens (tertiary/aromatic N) is 1. The van der Waals surface area contributed by atoms with Crippen LogP contribution in [0.1, 0.15) is 63.1 Å². The molecule has 2 amide bonds. The molecule has 0 aliphatic carbocycles. The summed E-state index contributed by atoms with van der Waals surface area (Å²) in [5, 5.41) is 16.1. The monoisotopic (exact) mass is 674 g/mol. The largest absolute Gasteiger partial charge is 0.390 e. The third-order valence-corrected chi connectivity index (χ3v) is 10.5. The summed E-state index contributed by atoms with van der Waals surface area (Å²) < 4.78 is 55.1. The summed E-state index contributed by atoms with van der Waals surface area (Å²) in [4.78, 5) is 29.0. The fourth-order valence-corrected chi connectivity index (χ4v) is 7.83. The van der Waals surface area contributed by atoms with Crippen LogP contribution in [0, 0.1) is 11.6 Å². The quantitative estimate of drug-likeness (QED) is 0.189. The van der Waals surface area contributed by atoms with Gasteiger partial charge in [0.1, 0.15) is 17.7 Å². The molecule has 0 spiro atoms. The van der Waals surface area contributed by atoms with Crippen LogP contribution in [0.4, 0.5) is 8.78 Å². The first-order chi connectivity index (χ1) is 22.4. The van der Waals surface area contributed by atoms with Gasteiger partial charge in [-0.3, -0.25) is 9.59 Å². The zero-order chi connectivity index (χ0) is 34.6. The van der Waals surface area contributed by atoms with Crippen molar-refractivity contribution in [3.05, 3.63) is 94.7 Å². The first-order valence-electron chi connectivity index (χ1n) is 16.2. The van der Waals surface area contributed by atoms with Crippen molar-refractivity contribution in [3.8, 4) is 0 Å². The Morgan fingerprint density at radius 2 is 1.68 bits per heavy atom. The molecule has 5 N–H and O–H groups in total. The average Bonchev–Trinajstić information content (AvgIpc) is 3.03. The lowest BCUT2D eigenvalue weighted by atomic mass is 10.0. The molecule has 3 rings (SSSR count). The Morgan fingerprint density at radius 3 is 2.28 bits per heavy atom. The van der Waals surface area contributed by atoms with Crippen molar-refractivity contribution in [3.63, 3.8) is 0 Å². The van der Waals surface area contributed by atoms with E-state index in [4.69, 9.17) is 5.73 Å². The second-order valence-corrected chi connectivity index (χ2v) is 14.4. The van der Waals surface area contributed by atoms with Crippen molar-refractivity contribution < 1.29 is 31.9 Å². The number of rotatable bonds is 18. The molecule has 47 heavy (non-hydrogen) atoms. The number of aliphatic hydroxyl groups excluding tert-OH is 1. The van der Waals surface area contributed by atoms with Crippen LogP contribution in [0.3, 0.4) is 0 Å². The summed E-state index contributed by atoms with van der Waals surface area (Å²) in [5.74, 6) is -3.47. The number of aryl methyl sites for hydroxylation is 1. The van der Waals surface area contributed by atoms with Crippen LogP contribution >= 0.6 is 0 Å². The van der Waals surface area contributed by atoms with Crippen molar-refractivity contribution in [2.24, 2.45) is 5.73 Å². The van der Waals surface area contributed by atoms with E-state index < -0.39 is 62.5 Å². The summed E-state index contributed by atoms with van der Waals surface area (Å²) in [7, 11) is -3.85. The maximum atomic E-state index is 14.4. The second-order valence-electron chi connectivity index (χ2n) is 12.1. The Kier molecular flexibility index (Phi) is 14.6. The van der Waals surface area contributed by atoms with Crippen molar-refractivity contribution >= 4 is 21.7 Å². The van der Waals surface area contributed by atoms with E-state index in [2.05, 4.69) is 10.6 Å². The van der Waals surface area contributed by atoms with Gasteiger partial charge in [-0.1, -0.05) is 64.0 Å². The van der Waals surface area contributed by atoms with Crippen LogP contribution in [-0.4, -0.2) is 72.5 Å². The van der Waals surface area contributed by atoms with Crippen LogP contribution in [0.5, 0.6) is 0 Å². The van der Waals surface area contributed by atoms with Gasteiger partial charge in [0.25, 0.3) is 5.91 Å². The SMILES string of the molecule is CCCC(CCC)S(=O)(=O)C[C@@H](NC(=O)C1=CCNC=C1)C(=O)N(Cc1cccc(CC)c1)C[C@@H](O)[C@@H](N)Cc1cc(F)cc(F)c1. The van der Waals surface area contributed by atoms with Gasteiger partial charge >= 0.3 is 0 Å². The lowest BCUT2D eigenvalue weighted by Gasteiger charge is -2.32. The second kappa shape index (κ2) is 18.1. The number of benzene rings is 2. The minimum atomic E-state index is -3.85. The maximum Gasteiger partial charge on any atom is 0.251 e. The van der Waals surface area contributed by atoms with E-state index in [0.29, 0.717) is 32.2 Å². The number of nitrogens with two attached hydrogens (primary N) is 1. The molecule has 0 fully saturated rings. The van der Waals surface area contributed by atoms with Gasteiger partial charge in [0.05, 0.1) is 17.1 Å². The minimum absolute atomic E-state index is 0.00265. The highest BCUT2D eigenvalue weighted by Crippen LogP contribution is 2.20. The van der Waals surface area contributed by atoms with Crippen LogP contribution in [0.2, 0.25) is 0 Å². The highest BCUT2D eigenvalue weighted by Gasteiger charge is 2.36. The molecule has 0 saturated heterocycles. The van der Waals surface area contributed by atoms with Crippen molar-refractivity contribution in [2.75, 3.05) is 18.8 Å². The highest BCUT2D eigenvalue weighted by molar-refractivity contribution is 7.92. The van der Waals surface area contributed by atoms with E-state index in [1.54, 1.807) is 12.3 Å². The van der Waals surface area contributed by atoms with Gasteiger partial charge < -0.3 is 26.4 Å². The van der Waals surface area contributed by atoms with Gasteiger partial charge in [-0.2, -0.15) is 0 Å². The van der Waals surface area contributed by atoms with E-state index >= 15 is 0 Å². The molecule has 1 aliphatic rings. The third-order valence-electron chi connectivity index (χ3n) is 8.19. The standard InChI is InChI=1S/C35H48F2N4O5S/c1-4-8-30(9-5-2)47(45,46)23-32(40-34(43)27-12-14-39-15-13-27)35(44)41(21-25-11-7-10-24(6-3)16-25)22-33(42)31(38)19-26-17-28(36)20-29(37)18-26/h7,10-14,16-18,20,30-33,39,42H,4-6,8-9,15,19,21-23,38H2,1-3H3,(H,40,43)/t31-,32+,33+/m0/s1. The zero-order valence-corrected chi connectivity index (χ0v) is 28.2. The first-order valence-corrected chi connectivity index (χ1v) is 18.0. The Balaban J connectivity index is 1.97. The van der Waals surface area contributed by atoms with E-state index in [-0.39, 0.29) is 30.6 Å².